The first-order valence-electron chi connectivity index (χ1n) is 9.55. The van der Waals surface area contributed by atoms with Gasteiger partial charge in [0.05, 0.1) is 5.56 Å². The van der Waals surface area contributed by atoms with Gasteiger partial charge in [-0.25, -0.2) is 9.59 Å². The van der Waals surface area contributed by atoms with Crippen LogP contribution in [0, 0.1) is 0 Å². The van der Waals surface area contributed by atoms with Crippen molar-refractivity contribution in [1.82, 2.24) is 4.90 Å². The molecular formula is C20H29NO6S. The third kappa shape index (κ3) is 4.98. The van der Waals surface area contributed by atoms with Gasteiger partial charge in [0.15, 0.2) is 0 Å². The van der Waals surface area contributed by atoms with Crippen molar-refractivity contribution < 1.29 is 28.5 Å². The molecule has 2 fully saturated rings. The lowest BCUT2D eigenvalue weighted by atomic mass is 10.1. The second kappa shape index (κ2) is 7.57. The Morgan fingerprint density at radius 3 is 2.18 bits per heavy atom. The van der Waals surface area contributed by atoms with E-state index in [1.54, 1.807) is 29.2 Å². The van der Waals surface area contributed by atoms with Gasteiger partial charge in [0.2, 0.25) is 0 Å². The molecule has 1 amide bonds. The van der Waals surface area contributed by atoms with Crippen LogP contribution in [-0.4, -0.2) is 60.4 Å². The lowest BCUT2D eigenvalue weighted by Crippen LogP contribution is -2.47. The molecular weight excluding hydrogens is 382 g/mol. The minimum atomic E-state index is -2.53. The molecule has 1 aromatic carbocycles. The van der Waals surface area contributed by atoms with Gasteiger partial charge in [-0.1, -0.05) is 12.1 Å². The summed E-state index contributed by atoms with van der Waals surface area (Å²) in [4.78, 5) is 25.8. The summed E-state index contributed by atoms with van der Waals surface area (Å²) in [5.41, 5.74) is 0.631. The van der Waals surface area contributed by atoms with Crippen LogP contribution < -0.4 is 0 Å². The number of ether oxygens (including phenoxy) is 1. The quantitative estimate of drug-likeness (QED) is 0.678. The number of benzene rings is 1. The summed E-state index contributed by atoms with van der Waals surface area (Å²) >= 11 is 0. The first-order chi connectivity index (χ1) is 13.0. The number of hydrogen-bond acceptors (Lipinski definition) is 5. The number of carboxylic acids is 1. The Morgan fingerprint density at radius 2 is 1.68 bits per heavy atom. The molecule has 1 saturated carbocycles. The summed E-state index contributed by atoms with van der Waals surface area (Å²) in [6.45, 7) is 5.49. The maximum atomic E-state index is 12.9. The number of carbonyl (C=O) groups excluding carboxylic acids is 1. The van der Waals surface area contributed by atoms with Crippen LogP contribution in [0.15, 0.2) is 24.3 Å². The zero-order valence-electron chi connectivity index (χ0n) is 16.5. The maximum absolute atomic E-state index is 12.9. The van der Waals surface area contributed by atoms with Crippen LogP contribution in [0.2, 0.25) is 0 Å². The van der Waals surface area contributed by atoms with E-state index in [-0.39, 0.29) is 29.7 Å². The van der Waals surface area contributed by atoms with Crippen LogP contribution in [-0.2, 0) is 4.74 Å². The van der Waals surface area contributed by atoms with E-state index >= 15 is 0 Å². The monoisotopic (exact) mass is 411 g/mol. The Bertz CT molecular complexity index is 732. The Morgan fingerprint density at radius 1 is 1.11 bits per heavy atom. The van der Waals surface area contributed by atoms with Crippen molar-refractivity contribution in [3.63, 3.8) is 0 Å². The molecule has 1 heterocycles. The molecule has 1 aliphatic heterocycles. The van der Waals surface area contributed by atoms with Crippen LogP contribution in [0.25, 0.3) is 0 Å². The van der Waals surface area contributed by atoms with Gasteiger partial charge in [0.25, 0.3) is 0 Å². The SMILES string of the molecule is CC(C)(C)OC(=O)N(C1CCS(O)(O)CC1)C1CC1c1ccc(C(=O)O)cc1. The third-order valence-corrected chi connectivity index (χ3v) is 7.03. The standard InChI is InChI=1S/C20H29NO6S/c1-20(2,3)27-19(24)21(15-8-10-28(25,26)11-9-15)17-12-16(17)13-4-6-14(7-5-13)18(22)23/h4-7,15-17,25-26H,8-12H2,1-3H3,(H,22,23). The predicted octanol–water partition coefficient (Wildman–Crippen LogP) is 4.39. The average Bonchev–Trinajstić information content (AvgIpc) is 3.35. The highest BCUT2D eigenvalue weighted by Gasteiger charge is 2.49. The van der Waals surface area contributed by atoms with Crippen molar-refractivity contribution >= 4 is 22.7 Å². The fourth-order valence-corrected chi connectivity index (χ4v) is 5.27. The minimum Gasteiger partial charge on any atom is -0.478 e. The molecule has 0 aromatic heterocycles. The van der Waals surface area contributed by atoms with Crippen molar-refractivity contribution in [1.29, 1.82) is 0 Å². The molecule has 3 N–H and O–H groups in total. The van der Waals surface area contributed by atoms with Crippen LogP contribution in [0.3, 0.4) is 0 Å². The van der Waals surface area contributed by atoms with E-state index in [1.807, 2.05) is 20.8 Å². The summed E-state index contributed by atoms with van der Waals surface area (Å²) in [7, 11) is -2.53. The Hall–Kier alpha value is -1.77. The van der Waals surface area contributed by atoms with E-state index < -0.39 is 22.2 Å². The minimum absolute atomic E-state index is 0.0181. The topological polar surface area (TPSA) is 107 Å². The first-order valence-corrected chi connectivity index (χ1v) is 11.4. The molecule has 0 spiro atoms. The van der Waals surface area contributed by atoms with Crippen molar-refractivity contribution in [2.45, 2.75) is 63.6 Å². The Labute approximate surface area is 167 Å². The van der Waals surface area contributed by atoms with Gasteiger partial charge in [0.1, 0.15) is 5.60 Å². The van der Waals surface area contributed by atoms with Gasteiger partial charge in [-0.05, 0) is 57.7 Å². The third-order valence-electron chi connectivity index (χ3n) is 5.25. The number of nitrogens with zero attached hydrogens (tertiary/aromatic N) is 1. The van der Waals surface area contributed by atoms with Crippen LogP contribution >= 0.6 is 10.6 Å². The van der Waals surface area contributed by atoms with Crippen LogP contribution in [0.4, 0.5) is 4.79 Å². The lowest BCUT2D eigenvalue weighted by molar-refractivity contribution is 0.0121. The van der Waals surface area contributed by atoms with E-state index in [4.69, 9.17) is 9.84 Å². The van der Waals surface area contributed by atoms with Crippen LogP contribution in [0.5, 0.6) is 0 Å². The van der Waals surface area contributed by atoms with Gasteiger partial charge < -0.3 is 14.7 Å². The molecule has 2 aliphatic rings. The van der Waals surface area contributed by atoms with Gasteiger partial charge in [-0.2, -0.15) is 10.6 Å². The number of carboxylic acid groups (broad SMARTS) is 1. The lowest BCUT2D eigenvalue weighted by Gasteiger charge is -2.43. The number of hydrogen-bond donors (Lipinski definition) is 3. The van der Waals surface area contributed by atoms with E-state index in [2.05, 4.69) is 0 Å². The summed E-state index contributed by atoms with van der Waals surface area (Å²) in [5.74, 6) is -0.211. The highest BCUT2D eigenvalue weighted by molar-refractivity contribution is 8.24. The van der Waals surface area contributed by atoms with E-state index in [0.717, 1.165) is 12.0 Å². The highest BCUT2D eigenvalue weighted by Crippen LogP contribution is 2.50. The molecule has 28 heavy (non-hydrogen) atoms. The molecule has 3 rings (SSSR count). The summed E-state index contributed by atoms with van der Waals surface area (Å²) < 4.78 is 25.5. The maximum Gasteiger partial charge on any atom is 0.410 e. The molecule has 7 nitrogen and oxygen atoms in total. The fraction of sp³-hybridized carbons (Fsp3) is 0.600. The molecule has 0 bridgehead atoms. The zero-order valence-corrected chi connectivity index (χ0v) is 17.3. The first kappa shape index (κ1) is 21.0. The van der Waals surface area contributed by atoms with Gasteiger partial charge >= 0.3 is 12.1 Å². The fourth-order valence-electron chi connectivity index (χ4n) is 3.76. The number of rotatable bonds is 4. The molecule has 2 atom stereocenters. The predicted molar refractivity (Wildman–Crippen MR) is 108 cm³/mol. The second-order valence-corrected chi connectivity index (χ2v) is 11.1. The molecule has 1 aromatic rings. The van der Waals surface area contributed by atoms with E-state index in [1.165, 1.54) is 0 Å². The molecule has 2 unspecified atom stereocenters. The van der Waals surface area contributed by atoms with Gasteiger partial charge in [-0.3, -0.25) is 9.11 Å². The molecule has 156 valence electrons. The average molecular weight is 412 g/mol. The molecule has 1 saturated heterocycles. The molecule has 1 aliphatic carbocycles. The summed E-state index contributed by atoms with van der Waals surface area (Å²) in [5, 5.41) is 9.06. The highest BCUT2D eigenvalue weighted by atomic mass is 32.3. The van der Waals surface area contributed by atoms with E-state index in [9.17, 15) is 18.7 Å². The molecule has 0 radical (unpaired) electrons. The summed E-state index contributed by atoms with van der Waals surface area (Å²) in [6.07, 6.45) is 1.51. The Kier molecular flexibility index (Phi) is 5.67. The van der Waals surface area contributed by atoms with Crippen molar-refractivity contribution in [3.8, 4) is 0 Å². The number of aromatic carboxylic acids is 1. The second-order valence-electron chi connectivity index (χ2n) is 8.67. The van der Waals surface area contributed by atoms with Crippen molar-refractivity contribution in [2.24, 2.45) is 0 Å². The smallest absolute Gasteiger partial charge is 0.410 e. The normalized spacial score (nSPS) is 25.6. The Balaban J connectivity index is 1.76. The van der Waals surface area contributed by atoms with E-state index in [0.29, 0.717) is 24.3 Å². The van der Waals surface area contributed by atoms with Crippen molar-refractivity contribution in [2.75, 3.05) is 11.5 Å². The van der Waals surface area contributed by atoms with Crippen LogP contribution in [0.1, 0.15) is 61.9 Å². The van der Waals surface area contributed by atoms with Gasteiger partial charge in [0, 0.05) is 29.5 Å². The zero-order chi connectivity index (χ0) is 20.7. The number of carbonyl (C=O) groups is 2. The molecule has 8 heteroatoms. The van der Waals surface area contributed by atoms with Gasteiger partial charge in [-0.15, -0.1) is 0 Å². The largest absolute Gasteiger partial charge is 0.478 e. The number of amides is 1. The summed E-state index contributed by atoms with van der Waals surface area (Å²) in [6, 6.07) is 6.68. The van der Waals surface area contributed by atoms with Crippen molar-refractivity contribution in [3.05, 3.63) is 35.4 Å².